The predicted octanol–water partition coefficient (Wildman–Crippen LogP) is 11.4. The lowest BCUT2D eigenvalue weighted by Gasteiger charge is -2.41. The molecule has 1 saturated heterocycles. The zero-order chi connectivity index (χ0) is 48.2. The van der Waals surface area contributed by atoms with Crippen LogP contribution in [0.25, 0.3) is 0 Å². The Hall–Kier alpha value is -2.98. The van der Waals surface area contributed by atoms with Gasteiger partial charge in [-0.3, -0.25) is 9.35 Å². The average Bonchev–Trinajstić information content (AvgIpc) is 3.29. The highest BCUT2D eigenvalue weighted by Gasteiger charge is 2.48. The molecule has 0 saturated carbocycles. The van der Waals surface area contributed by atoms with Crippen LogP contribution in [0.2, 0.25) is 0 Å². The van der Waals surface area contributed by atoms with E-state index in [9.17, 15) is 33.1 Å². The van der Waals surface area contributed by atoms with E-state index in [0.717, 1.165) is 128 Å². The van der Waals surface area contributed by atoms with Gasteiger partial charge in [-0.25, -0.2) is 4.18 Å². The molecule has 1 rings (SSSR count). The normalized spacial score (nSPS) is 20.4. The van der Waals surface area contributed by atoms with Crippen LogP contribution in [0.3, 0.4) is 0 Å². The summed E-state index contributed by atoms with van der Waals surface area (Å²) >= 11 is 0. The molecule has 4 N–H and O–H groups in total. The SMILES string of the molecule is CC/C=C\C/C=C\C/C=C\C/C=C\C/C=C\CCCCCCCCOCC(COC1OC(CO)C(O)C(OS(=O)(=O)O)C1O)OC(=O)CCCCCCCCC/C=C\C/C=C\C/C=C\CC. The Balaban J connectivity index is 2.40. The highest BCUT2D eigenvalue weighted by atomic mass is 32.3. The van der Waals surface area contributed by atoms with E-state index in [4.69, 9.17) is 18.9 Å². The second-order valence-corrected chi connectivity index (χ2v) is 17.7. The standard InChI is InChI=1S/C53H88O12S/c1-3-5-7-9-11-13-15-17-19-21-22-23-24-25-27-29-31-33-35-37-39-41-43-61-45-47(46-62-53-51(57)52(65-66(58,59)60)50(56)48(44-54)64-53)63-49(55)42-40-38-36-34-32-30-28-26-20-18-16-14-12-10-8-6-4-2/h5-8,11-14,17-20,22-23,25,27,47-48,50-54,56-57H,3-4,9-10,15-16,21,24,26,28-46H2,1-2H3,(H,58,59,60)/b7-5-,8-6-,13-11-,14-12-,19-17-,20-18-,23-22-,27-25-. The Labute approximate surface area is 399 Å². The Bertz CT molecular complexity index is 1520. The van der Waals surface area contributed by atoms with Crippen LogP contribution in [0, 0.1) is 0 Å². The van der Waals surface area contributed by atoms with E-state index in [-0.39, 0.29) is 19.6 Å². The summed E-state index contributed by atoms with van der Waals surface area (Å²) in [5.41, 5.74) is 0. The maximum Gasteiger partial charge on any atom is 0.397 e. The summed E-state index contributed by atoms with van der Waals surface area (Å²) in [6.07, 6.45) is 50.0. The first-order chi connectivity index (χ1) is 32.1. The van der Waals surface area contributed by atoms with Crippen LogP contribution in [0.15, 0.2) is 97.2 Å². The molecule has 1 heterocycles. The van der Waals surface area contributed by atoms with Crippen molar-refractivity contribution < 1.29 is 56.2 Å². The molecule has 66 heavy (non-hydrogen) atoms. The number of rotatable bonds is 42. The number of hydrogen-bond acceptors (Lipinski definition) is 11. The van der Waals surface area contributed by atoms with Crippen molar-refractivity contribution >= 4 is 16.4 Å². The molecule has 6 atom stereocenters. The first-order valence-electron chi connectivity index (χ1n) is 25.0. The fourth-order valence-electron chi connectivity index (χ4n) is 7.01. The van der Waals surface area contributed by atoms with Gasteiger partial charge < -0.3 is 34.3 Å². The number of unbranched alkanes of at least 4 members (excludes halogenated alkanes) is 13. The van der Waals surface area contributed by atoms with Gasteiger partial charge in [0, 0.05) is 13.0 Å². The van der Waals surface area contributed by atoms with E-state index >= 15 is 0 Å². The van der Waals surface area contributed by atoms with Gasteiger partial charge in [-0.05, 0) is 89.9 Å². The molecule has 1 fully saturated rings. The number of carbonyl (C=O) groups is 1. The molecule has 0 bridgehead atoms. The van der Waals surface area contributed by atoms with Gasteiger partial charge in [0.25, 0.3) is 0 Å². The molecule has 378 valence electrons. The van der Waals surface area contributed by atoms with Crippen molar-refractivity contribution in [3.63, 3.8) is 0 Å². The number of hydrogen-bond donors (Lipinski definition) is 4. The minimum absolute atomic E-state index is 0.0152. The lowest BCUT2D eigenvalue weighted by molar-refractivity contribution is -0.301. The second-order valence-electron chi connectivity index (χ2n) is 16.6. The summed E-state index contributed by atoms with van der Waals surface area (Å²) in [5, 5.41) is 30.7. The molecule has 0 radical (unpaired) electrons. The molecule has 12 nitrogen and oxygen atoms in total. The Morgan fingerprint density at radius 3 is 1.45 bits per heavy atom. The van der Waals surface area contributed by atoms with Crippen LogP contribution in [-0.2, 0) is 38.3 Å². The summed E-state index contributed by atoms with van der Waals surface area (Å²) < 4.78 is 59.2. The third kappa shape index (κ3) is 36.1. The molecular weight excluding hydrogens is 861 g/mol. The van der Waals surface area contributed by atoms with Crippen molar-refractivity contribution in [3.8, 4) is 0 Å². The number of allylic oxidation sites excluding steroid dienone is 16. The van der Waals surface area contributed by atoms with Crippen molar-refractivity contribution in [2.24, 2.45) is 0 Å². The van der Waals surface area contributed by atoms with E-state index in [1.54, 1.807) is 0 Å². The number of esters is 1. The molecule has 0 spiro atoms. The molecule has 0 aliphatic carbocycles. The van der Waals surface area contributed by atoms with E-state index in [2.05, 4.69) is 115 Å². The highest BCUT2D eigenvalue weighted by Crippen LogP contribution is 2.26. The summed E-state index contributed by atoms with van der Waals surface area (Å²) in [4.78, 5) is 12.9. The van der Waals surface area contributed by atoms with Crippen molar-refractivity contribution in [1.29, 1.82) is 0 Å². The van der Waals surface area contributed by atoms with E-state index in [0.29, 0.717) is 13.0 Å². The van der Waals surface area contributed by atoms with Gasteiger partial charge in [-0.2, -0.15) is 8.42 Å². The molecule has 0 aromatic carbocycles. The van der Waals surface area contributed by atoms with Gasteiger partial charge in [-0.1, -0.05) is 169 Å². The van der Waals surface area contributed by atoms with Crippen molar-refractivity contribution in [3.05, 3.63) is 97.2 Å². The number of aliphatic hydroxyl groups excluding tert-OH is 3. The first kappa shape index (κ1) is 61.0. The monoisotopic (exact) mass is 949 g/mol. The van der Waals surface area contributed by atoms with Crippen molar-refractivity contribution in [1.82, 2.24) is 0 Å². The van der Waals surface area contributed by atoms with Gasteiger partial charge in [0.1, 0.15) is 30.5 Å². The molecule has 6 unspecified atom stereocenters. The third-order valence-corrected chi connectivity index (χ3v) is 11.2. The van der Waals surface area contributed by atoms with E-state index in [1.807, 2.05) is 0 Å². The maximum absolute atomic E-state index is 12.9. The quantitative estimate of drug-likeness (QED) is 0.0197. The third-order valence-electron chi connectivity index (χ3n) is 10.7. The van der Waals surface area contributed by atoms with Gasteiger partial charge in [0.05, 0.1) is 19.8 Å². The molecule has 0 aromatic rings. The fraction of sp³-hybridized carbons (Fsp3) is 0.679. The van der Waals surface area contributed by atoms with Gasteiger partial charge in [-0.15, -0.1) is 0 Å². The summed E-state index contributed by atoms with van der Waals surface area (Å²) in [6, 6.07) is 0. The molecular formula is C53H88O12S. The molecule has 13 heteroatoms. The first-order valence-corrected chi connectivity index (χ1v) is 26.4. The molecule has 1 aliphatic rings. The Morgan fingerprint density at radius 2 is 1.00 bits per heavy atom. The minimum atomic E-state index is -5.07. The van der Waals surface area contributed by atoms with Crippen LogP contribution < -0.4 is 0 Å². The summed E-state index contributed by atoms with van der Waals surface area (Å²) in [7, 11) is -5.07. The van der Waals surface area contributed by atoms with E-state index < -0.39 is 59.8 Å². The van der Waals surface area contributed by atoms with Crippen LogP contribution in [0.4, 0.5) is 0 Å². The summed E-state index contributed by atoms with van der Waals surface area (Å²) in [6.45, 7) is 3.70. The molecule has 0 amide bonds. The van der Waals surface area contributed by atoms with Gasteiger partial charge >= 0.3 is 16.4 Å². The highest BCUT2D eigenvalue weighted by molar-refractivity contribution is 7.80. The largest absolute Gasteiger partial charge is 0.457 e. The number of ether oxygens (including phenoxy) is 4. The zero-order valence-electron chi connectivity index (χ0n) is 40.5. The van der Waals surface area contributed by atoms with Crippen LogP contribution in [0.5, 0.6) is 0 Å². The lowest BCUT2D eigenvalue weighted by Crippen LogP contribution is -2.60. The smallest absolute Gasteiger partial charge is 0.397 e. The Morgan fingerprint density at radius 1 is 0.576 bits per heavy atom. The average molecular weight is 949 g/mol. The predicted molar refractivity (Wildman–Crippen MR) is 266 cm³/mol. The maximum atomic E-state index is 12.9. The van der Waals surface area contributed by atoms with Crippen LogP contribution in [0.1, 0.15) is 168 Å². The van der Waals surface area contributed by atoms with Crippen LogP contribution in [-0.4, -0.2) is 97.5 Å². The van der Waals surface area contributed by atoms with Crippen molar-refractivity contribution in [2.45, 2.75) is 205 Å². The zero-order valence-corrected chi connectivity index (χ0v) is 41.3. The lowest BCUT2D eigenvalue weighted by atomic mass is 9.99. The fourth-order valence-corrected chi connectivity index (χ4v) is 7.52. The van der Waals surface area contributed by atoms with Crippen molar-refractivity contribution in [2.75, 3.05) is 26.4 Å². The van der Waals surface area contributed by atoms with Crippen LogP contribution >= 0.6 is 0 Å². The summed E-state index contributed by atoms with van der Waals surface area (Å²) in [5.74, 6) is -0.419. The molecule has 1 aliphatic heterocycles. The number of aliphatic hydroxyl groups is 3. The Kier molecular flexibility index (Phi) is 40.1. The van der Waals surface area contributed by atoms with E-state index in [1.165, 1.54) is 12.8 Å². The number of carbonyl (C=O) groups excluding carboxylic acids is 1. The molecule has 0 aromatic heterocycles. The van der Waals surface area contributed by atoms with Gasteiger partial charge in [0.15, 0.2) is 6.29 Å². The minimum Gasteiger partial charge on any atom is -0.457 e. The topological polar surface area (TPSA) is 178 Å². The van der Waals surface area contributed by atoms with Gasteiger partial charge in [0.2, 0.25) is 0 Å². The second kappa shape index (κ2) is 43.3.